The molecule has 1 aromatic carbocycles. The van der Waals surface area contributed by atoms with Crippen LogP contribution in [0.4, 0.5) is 4.39 Å². The van der Waals surface area contributed by atoms with E-state index >= 15 is 0 Å². The molecule has 1 aliphatic rings. The van der Waals surface area contributed by atoms with E-state index < -0.39 is 5.82 Å². The first-order valence-corrected chi connectivity index (χ1v) is 7.55. The minimum absolute atomic E-state index is 0.285. The van der Waals surface area contributed by atoms with Gasteiger partial charge in [-0.3, -0.25) is 0 Å². The third-order valence-corrected chi connectivity index (χ3v) is 3.85. The smallest absolute Gasteiger partial charge is 0.165 e. The Morgan fingerprint density at radius 1 is 1.30 bits per heavy atom. The molecule has 1 saturated heterocycles. The number of piperidine rings is 1. The first kappa shape index (κ1) is 15.3. The molecule has 1 unspecified atom stereocenters. The summed E-state index contributed by atoms with van der Waals surface area (Å²) in [6, 6.07) is 4.54. The molecule has 0 spiro atoms. The molecule has 1 atom stereocenters. The number of hydrogen-bond acceptors (Lipinski definition) is 3. The molecule has 0 aliphatic carbocycles. The number of hydrogen-bond donors (Lipinski definition) is 2. The highest BCUT2D eigenvalue weighted by atomic mass is 19.1. The van der Waals surface area contributed by atoms with Gasteiger partial charge in [-0.1, -0.05) is 19.4 Å². The summed E-state index contributed by atoms with van der Waals surface area (Å²) in [6.07, 6.45) is 4.02. The Labute approximate surface area is 120 Å². The Bertz CT molecular complexity index is 419. The van der Waals surface area contributed by atoms with Crippen LogP contribution in [0, 0.1) is 11.7 Å². The van der Waals surface area contributed by atoms with Gasteiger partial charge in [0.25, 0.3) is 0 Å². The van der Waals surface area contributed by atoms with Crippen molar-refractivity contribution in [3.63, 3.8) is 0 Å². The average Bonchev–Trinajstić information content (AvgIpc) is 2.44. The molecule has 1 aromatic rings. The van der Waals surface area contributed by atoms with E-state index in [0.717, 1.165) is 18.7 Å². The average molecular weight is 280 g/mol. The highest BCUT2D eigenvalue weighted by Gasteiger charge is 2.13. The first-order chi connectivity index (χ1) is 9.65. The molecule has 112 valence electrons. The maximum atomic E-state index is 13.2. The SMILES string of the molecule is CC(CNCc1ccc(O)c(F)c1)CN1CCCCC1. The third-order valence-electron chi connectivity index (χ3n) is 3.85. The second-order valence-electron chi connectivity index (χ2n) is 5.88. The maximum Gasteiger partial charge on any atom is 0.165 e. The molecule has 3 nitrogen and oxygen atoms in total. The van der Waals surface area contributed by atoms with Crippen molar-refractivity contribution in [1.29, 1.82) is 0 Å². The van der Waals surface area contributed by atoms with E-state index in [0.29, 0.717) is 12.5 Å². The van der Waals surface area contributed by atoms with Crippen molar-refractivity contribution < 1.29 is 9.50 Å². The molecule has 1 aliphatic heterocycles. The van der Waals surface area contributed by atoms with E-state index in [1.807, 2.05) is 0 Å². The van der Waals surface area contributed by atoms with Crippen LogP contribution in [0.1, 0.15) is 31.7 Å². The van der Waals surface area contributed by atoms with Gasteiger partial charge in [0.1, 0.15) is 0 Å². The zero-order valence-electron chi connectivity index (χ0n) is 12.2. The van der Waals surface area contributed by atoms with Gasteiger partial charge >= 0.3 is 0 Å². The van der Waals surface area contributed by atoms with Crippen LogP contribution in [0.5, 0.6) is 5.75 Å². The van der Waals surface area contributed by atoms with E-state index in [-0.39, 0.29) is 5.75 Å². The fourth-order valence-corrected chi connectivity index (χ4v) is 2.77. The fraction of sp³-hybridized carbons (Fsp3) is 0.625. The third kappa shape index (κ3) is 4.76. The molecule has 0 saturated carbocycles. The summed E-state index contributed by atoms with van der Waals surface area (Å²) in [5, 5.41) is 12.5. The predicted octanol–water partition coefficient (Wildman–Crippen LogP) is 2.74. The van der Waals surface area contributed by atoms with Gasteiger partial charge in [0, 0.05) is 13.1 Å². The molecule has 20 heavy (non-hydrogen) atoms. The number of nitrogens with one attached hydrogen (secondary N) is 1. The van der Waals surface area contributed by atoms with Crippen molar-refractivity contribution in [1.82, 2.24) is 10.2 Å². The molecule has 0 bridgehead atoms. The Balaban J connectivity index is 1.67. The second-order valence-corrected chi connectivity index (χ2v) is 5.88. The van der Waals surface area contributed by atoms with E-state index in [1.54, 1.807) is 6.07 Å². The van der Waals surface area contributed by atoms with Crippen molar-refractivity contribution in [2.45, 2.75) is 32.7 Å². The molecule has 2 N–H and O–H groups in total. The van der Waals surface area contributed by atoms with Gasteiger partial charge < -0.3 is 15.3 Å². The molecule has 0 radical (unpaired) electrons. The summed E-state index contributed by atoms with van der Waals surface area (Å²) in [5.41, 5.74) is 0.866. The normalized spacial score (nSPS) is 18.1. The number of halogens is 1. The summed E-state index contributed by atoms with van der Waals surface area (Å²) in [6.45, 7) is 7.41. The maximum absolute atomic E-state index is 13.2. The topological polar surface area (TPSA) is 35.5 Å². The zero-order chi connectivity index (χ0) is 14.4. The number of phenolic OH excluding ortho intramolecular Hbond substituents is 1. The molecule has 4 heteroatoms. The molecule has 2 rings (SSSR count). The van der Waals surface area contributed by atoms with Crippen LogP contribution < -0.4 is 5.32 Å². The van der Waals surface area contributed by atoms with Crippen molar-refractivity contribution in [2.24, 2.45) is 5.92 Å². The Morgan fingerprint density at radius 3 is 2.75 bits per heavy atom. The van der Waals surface area contributed by atoms with Gasteiger partial charge in [-0.05, 0) is 56.1 Å². The number of likely N-dealkylation sites (tertiary alicyclic amines) is 1. The van der Waals surface area contributed by atoms with Gasteiger partial charge in [0.05, 0.1) is 0 Å². The van der Waals surface area contributed by atoms with E-state index in [2.05, 4.69) is 17.1 Å². The largest absolute Gasteiger partial charge is 0.505 e. The quantitative estimate of drug-likeness (QED) is 0.841. The summed E-state index contributed by atoms with van der Waals surface area (Å²) in [7, 11) is 0. The summed E-state index contributed by atoms with van der Waals surface area (Å²) >= 11 is 0. The molecule has 1 heterocycles. The van der Waals surface area contributed by atoms with Gasteiger partial charge in [0.2, 0.25) is 0 Å². The summed E-state index contributed by atoms with van der Waals surface area (Å²) < 4.78 is 13.2. The number of benzene rings is 1. The van der Waals surface area contributed by atoms with Crippen LogP contribution in [0.2, 0.25) is 0 Å². The van der Waals surface area contributed by atoms with Crippen LogP contribution >= 0.6 is 0 Å². The minimum atomic E-state index is -0.550. The number of phenols is 1. The van der Waals surface area contributed by atoms with Gasteiger partial charge in [-0.2, -0.15) is 0 Å². The van der Waals surface area contributed by atoms with Gasteiger partial charge in [-0.25, -0.2) is 4.39 Å². The second kappa shape index (κ2) is 7.60. The van der Waals surface area contributed by atoms with Crippen LogP contribution in [-0.2, 0) is 6.54 Å². The van der Waals surface area contributed by atoms with Crippen molar-refractivity contribution in [2.75, 3.05) is 26.2 Å². The summed E-state index contributed by atoms with van der Waals surface area (Å²) in [4.78, 5) is 2.54. The van der Waals surface area contributed by atoms with Crippen LogP contribution in [0.15, 0.2) is 18.2 Å². The number of rotatable bonds is 6. The van der Waals surface area contributed by atoms with Gasteiger partial charge in [-0.15, -0.1) is 0 Å². The first-order valence-electron chi connectivity index (χ1n) is 7.55. The molecular weight excluding hydrogens is 255 g/mol. The highest BCUT2D eigenvalue weighted by molar-refractivity contribution is 5.27. The fourth-order valence-electron chi connectivity index (χ4n) is 2.77. The monoisotopic (exact) mass is 280 g/mol. The molecule has 0 aromatic heterocycles. The Hall–Kier alpha value is -1.13. The molecule has 1 fully saturated rings. The lowest BCUT2D eigenvalue weighted by molar-refractivity contribution is 0.199. The van der Waals surface area contributed by atoms with Crippen LogP contribution in [-0.4, -0.2) is 36.2 Å². The van der Waals surface area contributed by atoms with Gasteiger partial charge in [0.15, 0.2) is 11.6 Å². The molecular formula is C16H25FN2O. The lowest BCUT2D eigenvalue weighted by atomic mass is 10.1. The van der Waals surface area contributed by atoms with Crippen molar-refractivity contribution in [3.8, 4) is 5.75 Å². The zero-order valence-corrected chi connectivity index (χ0v) is 12.2. The van der Waals surface area contributed by atoms with Crippen molar-refractivity contribution in [3.05, 3.63) is 29.6 Å². The predicted molar refractivity (Wildman–Crippen MR) is 79.2 cm³/mol. The molecule has 0 amide bonds. The lowest BCUT2D eigenvalue weighted by Crippen LogP contribution is -2.36. The minimum Gasteiger partial charge on any atom is -0.505 e. The Kier molecular flexibility index (Phi) is 5.80. The standard InChI is InChI=1S/C16H25FN2O/c1-13(12-19-7-3-2-4-8-19)10-18-11-14-5-6-16(20)15(17)9-14/h5-6,9,13,18,20H,2-4,7-8,10-12H2,1H3. The number of nitrogens with zero attached hydrogens (tertiary/aromatic N) is 1. The van der Waals surface area contributed by atoms with Crippen molar-refractivity contribution >= 4 is 0 Å². The van der Waals surface area contributed by atoms with E-state index in [1.165, 1.54) is 44.5 Å². The highest BCUT2D eigenvalue weighted by Crippen LogP contribution is 2.16. The van der Waals surface area contributed by atoms with E-state index in [9.17, 15) is 4.39 Å². The van der Waals surface area contributed by atoms with Crippen LogP contribution in [0.25, 0.3) is 0 Å². The lowest BCUT2D eigenvalue weighted by Gasteiger charge is -2.29. The Morgan fingerprint density at radius 2 is 2.05 bits per heavy atom. The van der Waals surface area contributed by atoms with Crippen LogP contribution in [0.3, 0.4) is 0 Å². The number of aromatic hydroxyl groups is 1. The summed E-state index contributed by atoms with van der Waals surface area (Å²) in [5.74, 6) is -0.243. The van der Waals surface area contributed by atoms with E-state index in [4.69, 9.17) is 5.11 Å².